The predicted octanol–water partition coefficient (Wildman–Crippen LogP) is 2.82. The number of rotatable bonds is 1. The molecule has 1 saturated heterocycles. The van der Waals surface area contributed by atoms with Crippen LogP contribution in [0.25, 0.3) is 10.9 Å². The number of anilines is 2. The summed E-state index contributed by atoms with van der Waals surface area (Å²) in [4.78, 5) is 6.66. The molecular weight excluding hydrogens is 250 g/mol. The molecule has 1 aromatic heterocycles. The van der Waals surface area contributed by atoms with Gasteiger partial charge in [-0.3, -0.25) is 4.98 Å². The lowest BCUT2D eigenvalue weighted by molar-refractivity contribution is -0.0749. The van der Waals surface area contributed by atoms with E-state index in [0.717, 1.165) is 35.4 Å². The summed E-state index contributed by atoms with van der Waals surface area (Å²) in [5.74, 6) is 0. The minimum Gasteiger partial charge on any atom is -0.396 e. The second kappa shape index (κ2) is 4.63. The molecule has 1 atom stereocenters. The Bertz CT molecular complexity index is 639. The second-order valence-corrected chi connectivity index (χ2v) is 6.14. The minimum atomic E-state index is -0.159. The monoisotopic (exact) mass is 271 g/mol. The highest BCUT2D eigenvalue weighted by molar-refractivity contribution is 5.97. The Hall–Kier alpha value is -1.81. The molecule has 20 heavy (non-hydrogen) atoms. The molecule has 1 aromatic carbocycles. The molecule has 3 rings (SSSR count). The van der Waals surface area contributed by atoms with E-state index in [-0.39, 0.29) is 11.7 Å². The van der Waals surface area contributed by atoms with Crippen LogP contribution in [0.2, 0.25) is 0 Å². The minimum absolute atomic E-state index is 0.159. The Kier molecular flexibility index (Phi) is 3.05. The summed E-state index contributed by atoms with van der Waals surface area (Å²) in [6.07, 6.45) is 1.99. The zero-order valence-corrected chi connectivity index (χ0v) is 12.3. The van der Waals surface area contributed by atoms with Gasteiger partial charge in [0.1, 0.15) is 0 Å². The maximum Gasteiger partial charge on any atom is 0.0805 e. The van der Waals surface area contributed by atoms with Crippen molar-refractivity contribution in [2.75, 3.05) is 23.7 Å². The molecule has 1 unspecified atom stereocenters. The number of fused-ring (bicyclic) bond motifs is 1. The molecule has 0 radical (unpaired) electrons. The highest BCUT2D eigenvalue weighted by Crippen LogP contribution is 2.34. The molecule has 1 aliphatic heterocycles. The fourth-order valence-corrected chi connectivity index (χ4v) is 3.08. The molecule has 1 aliphatic rings. The highest BCUT2D eigenvalue weighted by Gasteiger charge is 2.32. The van der Waals surface area contributed by atoms with E-state index in [4.69, 9.17) is 10.5 Å². The van der Waals surface area contributed by atoms with E-state index in [1.807, 2.05) is 18.2 Å². The quantitative estimate of drug-likeness (QED) is 0.810. The van der Waals surface area contributed by atoms with Gasteiger partial charge in [-0.2, -0.15) is 0 Å². The maximum absolute atomic E-state index is 6.36. The molecule has 2 heterocycles. The summed E-state index contributed by atoms with van der Waals surface area (Å²) < 4.78 is 5.96. The van der Waals surface area contributed by atoms with Gasteiger partial charge in [0.15, 0.2) is 0 Å². The average molecular weight is 271 g/mol. The molecule has 2 N–H and O–H groups in total. The van der Waals surface area contributed by atoms with Gasteiger partial charge in [-0.1, -0.05) is 0 Å². The van der Waals surface area contributed by atoms with Gasteiger partial charge in [0.25, 0.3) is 0 Å². The topological polar surface area (TPSA) is 51.4 Å². The van der Waals surface area contributed by atoms with Crippen LogP contribution in [0.4, 0.5) is 11.4 Å². The number of nitrogens with two attached hydrogens (primary N) is 1. The first-order valence-electron chi connectivity index (χ1n) is 7.02. The van der Waals surface area contributed by atoms with Crippen LogP contribution in [0, 0.1) is 0 Å². The Balaban J connectivity index is 2.03. The number of hydrogen-bond donors (Lipinski definition) is 1. The number of benzene rings is 1. The van der Waals surface area contributed by atoms with Gasteiger partial charge in [-0.15, -0.1) is 0 Å². The molecule has 4 nitrogen and oxygen atoms in total. The zero-order valence-electron chi connectivity index (χ0n) is 12.3. The van der Waals surface area contributed by atoms with E-state index in [9.17, 15) is 0 Å². The molecule has 0 spiro atoms. The standard InChI is InChI=1S/C16H21N3O/c1-11-9-19(10-16(2,3)20-11)14-7-6-13-12(15(14)17)5-4-8-18-13/h4-8,11H,9-10,17H2,1-3H3. The molecule has 0 bridgehead atoms. The van der Waals surface area contributed by atoms with Gasteiger partial charge >= 0.3 is 0 Å². The van der Waals surface area contributed by atoms with Crippen molar-refractivity contribution in [3.8, 4) is 0 Å². The number of pyridine rings is 1. The Labute approximate surface area is 119 Å². The fraction of sp³-hybridized carbons (Fsp3) is 0.438. The van der Waals surface area contributed by atoms with E-state index in [1.165, 1.54) is 0 Å². The van der Waals surface area contributed by atoms with E-state index < -0.39 is 0 Å². The largest absolute Gasteiger partial charge is 0.396 e. The Morgan fingerprint density at radius 1 is 1.35 bits per heavy atom. The number of nitrogens with zero attached hydrogens (tertiary/aromatic N) is 2. The van der Waals surface area contributed by atoms with Crippen molar-refractivity contribution in [2.24, 2.45) is 0 Å². The maximum atomic E-state index is 6.36. The lowest BCUT2D eigenvalue weighted by Gasteiger charge is -2.43. The number of ether oxygens (including phenoxy) is 1. The molecule has 0 saturated carbocycles. The van der Waals surface area contributed by atoms with Crippen molar-refractivity contribution in [3.05, 3.63) is 30.5 Å². The van der Waals surface area contributed by atoms with Gasteiger partial charge < -0.3 is 15.4 Å². The van der Waals surface area contributed by atoms with Crippen LogP contribution in [0.1, 0.15) is 20.8 Å². The van der Waals surface area contributed by atoms with Crippen molar-refractivity contribution in [3.63, 3.8) is 0 Å². The number of aromatic nitrogens is 1. The Morgan fingerprint density at radius 3 is 2.90 bits per heavy atom. The van der Waals surface area contributed by atoms with Crippen molar-refractivity contribution in [2.45, 2.75) is 32.5 Å². The van der Waals surface area contributed by atoms with Crippen molar-refractivity contribution in [1.29, 1.82) is 0 Å². The molecular formula is C16H21N3O. The molecule has 2 aromatic rings. The summed E-state index contributed by atoms with van der Waals surface area (Å²) in [6.45, 7) is 8.04. The molecule has 0 aliphatic carbocycles. The van der Waals surface area contributed by atoms with Crippen LogP contribution in [-0.4, -0.2) is 29.8 Å². The summed E-state index contributed by atoms with van der Waals surface area (Å²) in [7, 11) is 0. The molecule has 1 fully saturated rings. The normalized spacial score (nSPS) is 22.1. The van der Waals surface area contributed by atoms with Crippen molar-refractivity contribution >= 4 is 22.3 Å². The van der Waals surface area contributed by atoms with Gasteiger partial charge in [0.05, 0.1) is 28.6 Å². The van der Waals surface area contributed by atoms with Crippen LogP contribution < -0.4 is 10.6 Å². The van der Waals surface area contributed by atoms with Crippen LogP contribution >= 0.6 is 0 Å². The average Bonchev–Trinajstić information content (AvgIpc) is 2.37. The van der Waals surface area contributed by atoms with E-state index in [1.54, 1.807) is 6.20 Å². The number of nitrogen functional groups attached to an aromatic ring is 1. The third kappa shape index (κ3) is 2.31. The first-order valence-corrected chi connectivity index (χ1v) is 7.02. The molecule has 4 heteroatoms. The predicted molar refractivity (Wildman–Crippen MR) is 83.0 cm³/mol. The van der Waals surface area contributed by atoms with Crippen LogP contribution in [0.5, 0.6) is 0 Å². The first-order chi connectivity index (χ1) is 9.46. The van der Waals surface area contributed by atoms with Gasteiger partial charge in [-0.25, -0.2) is 0 Å². The molecule has 106 valence electrons. The van der Waals surface area contributed by atoms with E-state index in [0.29, 0.717) is 0 Å². The SMILES string of the molecule is CC1CN(c2ccc3ncccc3c2N)CC(C)(C)O1. The van der Waals surface area contributed by atoms with Crippen molar-refractivity contribution < 1.29 is 4.74 Å². The summed E-state index contributed by atoms with van der Waals surface area (Å²) >= 11 is 0. The lowest BCUT2D eigenvalue weighted by Crippen LogP contribution is -2.52. The molecule has 0 amide bonds. The van der Waals surface area contributed by atoms with E-state index in [2.05, 4.69) is 36.7 Å². The van der Waals surface area contributed by atoms with Crippen LogP contribution in [0.3, 0.4) is 0 Å². The van der Waals surface area contributed by atoms with Gasteiger partial charge in [0, 0.05) is 24.7 Å². The van der Waals surface area contributed by atoms with Crippen LogP contribution in [-0.2, 0) is 4.74 Å². The highest BCUT2D eigenvalue weighted by atomic mass is 16.5. The third-order valence-corrected chi connectivity index (χ3v) is 3.71. The van der Waals surface area contributed by atoms with Crippen molar-refractivity contribution in [1.82, 2.24) is 4.98 Å². The van der Waals surface area contributed by atoms with Gasteiger partial charge in [0.2, 0.25) is 0 Å². The number of hydrogen-bond acceptors (Lipinski definition) is 4. The van der Waals surface area contributed by atoms with Crippen LogP contribution in [0.15, 0.2) is 30.5 Å². The fourth-order valence-electron chi connectivity index (χ4n) is 3.08. The number of morpholine rings is 1. The first kappa shape index (κ1) is 13.2. The second-order valence-electron chi connectivity index (χ2n) is 6.14. The Morgan fingerprint density at radius 2 is 2.15 bits per heavy atom. The summed E-state index contributed by atoms with van der Waals surface area (Å²) in [6, 6.07) is 8.05. The lowest BCUT2D eigenvalue weighted by atomic mass is 10.0. The zero-order chi connectivity index (χ0) is 14.3. The van der Waals surface area contributed by atoms with Gasteiger partial charge in [-0.05, 0) is 45.0 Å². The smallest absolute Gasteiger partial charge is 0.0805 e. The van der Waals surface area contributed by atoms with E-state index >= 15 is 0 Å². The summed E-state index contributed by atoms with van der Waals surface area (Å²) in [5.41, 5.74) is 9.03. The third-order valence-electron chi connectivity index (χ3n) is 3.71. The summed E-state index contributed by atoms with van der Waals surface area (Å²) in [5, 5.41) is 1.02.